The maximum atomic E-state index is 12.4. The number of aliphatic carboxylic acids is 1. The van der Waals surface area contributed by atoms with Crippen LogP contribution in [0.1, 0.15) is 18.9 Å². The van der Waals surface area contributed by atoms with Gasteiger partial charge in [-0.05, 0) is 24.9 Å². The van der Waals surface area contributed by atoms with Crippen LogP contribution >= 0.6 is 0 Å². The lowest BCUT2D eigenvalue weighted by molar-refractivity contribution is -0.143. The number of para-hydroxylation sites is 1. The first-order chi connectivity index (χ1) is 9.49. The molecule has 1 heterocycles. The molecule has 6 heteroatoms. The summed E-state index contributed by atoms with van der Waals surface area (Å²) in [6, 6.07) is 5.91. The van der Waals surface area contributed by atoms with Crippen molar-refractivity contribution in [3.05, 3.63) is 29.8 Å². The van der Waals surface area contributed by atoms with E-state index in [2.05, 4.69) is 4.74 Å². The van der Waals surface area contributed by atoms with Crippen LogP contribution in [-0.2, 0) is 11.3 Å². The molecule has 0 amide bonds. The fraction of sp³-hybridized carbons (Fsp3) is 0.500. The largest absolute Gasteiger partial charge is 0.480 e. The Morgan fingerprint density at radius 3 is 2.85 bits per heavy atom. The summed E-state index contributed by atoms with van der Waals surface area (Å²) in [5.41, 5.74) is 0.577. The molecular weight excluding hydrogens is 268 g/mol. The normalized spacial score (nSPS) is 23.2. The average molecular weight is 285 g/mol. The van der Waals surface area contributed by atoms with Gasteiger partial charge in [-0.15, -0.1) is 0 Å². The molecule has 1 N–H and O–H groups in total. The minimum absolute atomic E-state index is 0.0516. The summed E-state index contributed by atoms with van der Waals surface area (Å²) in [5, 5.41) is 9.25. The van der Waals surface area contributed by atoms with E-state index in [0.717, 1.165) is 6.42 Å². The highest BCUT2D eigenvalue weighted by atomic mass is 19.3. The molecule has 2 rings (SSSR count). The molecule has 1 fully saturated rings. The Labute approximate surface area is 116 Å². The van der Waals surface area contributed by atoms with Crippen molar-refractivity contribution in [3.8, 4) is 5.75 Å². The third-order valence-corrected chi connectivity index (χ3v) is 3.62. The van der Waals surface area contributed by atoms with Crippen LogP contribution in [0.25, 0.3) is 0 Å². The van der Waals surface area contributed by atoms with Gasteiger partial charge in [-0.3, -0.25) is 9.69 Å². The molecule has 0 bridgehead atoms. The summed E-state index contributed by atoms with van der Waals surface area (Å²) in [7, 11) is 0. The molecule has 4 nitrogen and oxygen atoms in total. The van der Waals surface area contributed by atoms with Gasteiger partial charge in [0.15, 0.2) is 0 Å². The Morgan fingerprint density at radius 1 is 1.50 bits per heavy atom. The molecular formula is C14H17F2NO3. The number of hydrogen-bond donors (Lipinski definition) is 1. The average Bonchev–Trinajstić information content (AvgIpc) is 2.72. The number of carbonyl (C=O) groups is 1. The Morgan fingerprint density at radius 2 is 2.20 bits per heavy atom. The fourth-order valence-electron chi connectivity index (χ4n) is 2.67. The summed E-state index contributed by atoms with van der Waals surface area (Å²) in [6.07, 6.45) is 0.787. The highest BCUT2D eigenvalue weighted by molar-refractivity contribution is 5.74. The number of nitrogens with zero attached hydrogens (tertiary/aromatic N) is 1. The van der Waals surface area contributed by atoms with Crippen molar-refractivity contribution in [1.82, 2.24) is 4.90 Å². The van der Waals surface area contributed by atoms with Crippen molar-refractivity contribution in [3.63, 3.8) is 0 Å². The summed E-state index contributed by atoms with van der Waals surface area (Å²) in [4.78, 5) is 13.1. The SMILES string of the molecule is CC1CCN(Cc2ccccc2OC(F)F)C1C(=O)O. The molecule has 20 heavy (non-hydrogen) atoms. The van der Waals surface area contributed by atoms with E-state index in [1.54, 1.807) is 23.1 Å². The number of carboxylic acid groups (broad SMARTS) is 1. The van der Waals surface area contributed by atoms with Crippen LogP contribution in [0.2, 0.25) is 0 Å². The minimum Gasteiger partial charge on any atom is -0.480 e. The van der Waals surface area contributed by atoms with Gasteiger partial charge < -0.3 is 9.84 Å². The van der Waals surface area contributed by atoms with E-state index in [-0.39, 0.29) is 11.7 Å². The summed E-state index contributed by atoms with van der Waals surface area (Å²) >= 11 is 0. The number of halogens is 2. The van der Waals surface area contributed by atoms with E-state index in [1.165, 1.54) is 6.07 Å². The van der Waals surface area contributed by atoms with Crippen LogP contribution < -0.4 is 4.74 Å². The number of rotatable bonds is 5. The molecule has 0 aliphatic carbocycles. The molecule has 1 aromatic rings. The third kappa shape index (κ3) is 3.25. The molecule has 2 unspecified atom stereocenters. The summed E-state index contributed by atoms with van der Waals surface area (Å²) in [5.74, 6) is -0.718. The van der Waals surface area contributed by atoms with Crippen LogP contribution in [0, 0.1) is 5.92 Å². The van der Waals surface area contributed by atoms with Gasteiger partial charge in [0, 0.05) is 12.1 Å². The Kier molecular flexibility index (Phi) is 4.54. The Hall–Kier alpha value is -1.69. The van der Waals surface area contributed by atoms with E-state index in [4.69, 9.17) is 0 Å². The number of carboxylic acids is 1. The zero-order valence-corrected chi connectivity index (χ0v) is 11.1. The zero-order valence-electron chi connectivity index (χ0n) is 11.1. The van der Waals surface area contributed by atoms with Gasteiger partial charge in [-0.1, -0.05) is 25.1 Å². The smallest absolute Gasteiger partial charge is 0.387 e. The Bertz CT molecular complexity index is 481. The number of likely N-dealkylation sites (tertiary alicyclic amines) is 1. The lowest BCUT2D eigenvalue weighted by Crippen LogP contribution is -2.38. The van der Waals surface area contributed by atoms with Crippen molar-refractivity contribution >= 4 is 5.97 Å². The second-order valence-corrected chi connectivity index (χ2v) is 5.01. The van der Waals surface area contributed by atoms with E-state index in [9.17, 15) is 18.7 Å². The maximum Gasteiger partial charge on any atom is 0.387 e. The fourth-order valence-corrected chi connectivity index (χ4v) is 2.67. The van der Waals surface area contributed by atoms with Gasteiger partial charge in [-0.25, -0.2) is 0 Å². The first-order valence-corrected chi connectivity index (χ1v) is 6.48. The minimum atomic E-state index is -2.89. The van der Waals surface area contributed by atoms with Gasteiger partial charge in [0.25, 0.3) is 0 Å². The molecule has 0 saturated carbocycles. The standard InChI is InChI=1S/C14H17F2NO3/c1-9-6-7-17(12(9)13(18)19)8-10-4-2-3-5-11(10)20-14(15)16/h2-5,9,12,14H,6-8H2,1H3,(H,18,19). The molecule has 1 aliphatic rings. The number of alkyl halides is 2. The molecule has 1 aromatic carbocycles. The summed E-state index contributed by atoms with van der Waals surface area (Å²) in [6.45, 7) is -0.0602. The number of benzene rings is 1. The van der Waals surface area contributed by atoms with Crippen LogP contribution in [0.3, 0.4) is 0 Å². The molecule has 0 radical (unpaired) electrons. The van der Waals surface area contributed by atoms with Crippen LogP contribution in [0.5, 0.6) is 5.75 Å². The molecule has 1 saturated heterocycles. The van der Waals surface area contributed by atoms with E-state index < -0.39 is 18.6 Å². The molecule has 0 aromatic heterocycles. The second kappa shape index (κ2) is 6.17. The molecule has 1 aliphatic heterocycles. The number of ether oxygens (including phenoxy) is 1. The van der Waals surface area contributed by atoms with Crippen LogP contribution in [-0.4, -0.2) is 35.2 Å². The van der Waals surface area contributed by atoms with Gasteiger partial charge in [0.05, 0.1) is 0 Å². The van der Waals surface area contributed by atoms with Gasteiger partial charge >= 0.3 is 12.6 Å². The van der Waals surface area contributed by atoms with Gasteiger partial charge in [0.1, 0.15) is 11.8 Å². The molecule has 0 spiro atoms. The second-order valence-electron chi connectivity index (χ2n) is 5.01. The Balaban J connectivity index is 2.15. The predicted molar refractivity (Wildman–Crippen MR) is 68.7 cm³/mol. The van der Waals surface area contributed by atoms with Crippen LogP contribution in [0.4, 0.5) is 8.78 Å². The van der Waals surface area contributed by atoms with E-state index in [1.807, 2.05) is 6.92 Å². The van der Waals surface area contributed by atoms with Crippen LogP contribution in [0.15, 0.2) is 24.3 Å². The highest BCUT2D eigenvalue weighted by Gasteiger charge is 2.36. The lowest BCUT2D eigenvalue weighted by Gasteiger charge is -2.24. The highest BCUT2D eigenvalue weighted by Crippen LogP contribution is 2.29. The third-order valence-electron chi connectivity index (χ3n) is 3.62. The lowest BCUT2D eigenvalue weighted by atomic mass is 10.0. The molecule has 2 atom stereocenters. The van der Waals surface area contributed by atoms with E-state index in [0.29, 0.717) is 18.7 Å². The number of hydrogen-bond acceptors (Lipinski definition) is 3. The monoisotopic (exact) mass is 285 g/mol. The topological polar surface area (TPSA) is 49.8 Å². The van der Waals surface area contributed by atoms with Crippen molar-refractivity contribution in [2.75, 3.05) is 6.54 Å². The van der Waals surface area contributed by atoms with E-state index >= 15 is 0 Å². The first-order valence-electron chi connectivity index (χ1n) is 6.48. The maximum absolute atomic E-state index is 12.4. The quantitative estimate of drug-likeness (QED) is 0.903. The first kappa shape index (κ1) is 14.7. The van der Waals surface area contributed by atoms with Crippen molar-refractivity contribution in [1.29, 1.82) is 0 Å². The van der Waals surface area contributed by atoms with Crippen molar-refractivity contribution < 1.29 is 23.4 Å². The van der Waals surface area contributed by atoms with Gasteiger partial charge in [0.2, 0.25) is 0 Å². The predicted octanol–water partition coefficient (Wildman–Crippen LogP) is 2.58. The summed E-state index contributed by atoms with van der Waals surface area (Å²) < 4.78 is 29.2. The van der Waals surface area contributed by atoms with Crippen molar-refractivity contribution in [2.45, 2.75) is 32.5 Å². The van der Waals surface area contributed by atoms with Crippen molar-refractivity contribution in [2.24, 2.45) is 5.92 Å². The van der Waals surface area contributed by atoms with Gasteiger partial charge in [-0.2, -0.15) is 8.78 Å². The molecule has 110 valence electrons. The zero-order chi connectivity index (χ0) is 14.7.